The number of methoxy groups -OCH3 is 1. The molecule has 0 saturated heterocycles. The number of rotatable bonds is 2. The van der Waals surface area contributed by atoms with Gasteiger partial charge in [-0.1, -0.05) is 0 Å². The van der Waals surface area contributed by atoms with E-state index in [1.54, 1.807) is 18.5 Å². The van der Waals surface area contributed by atoms with E-state index < -0.39 is 0 Å². The average molecular weight is 325 g/mol. The summed E-state index contributed by atoms with van der Waals surface area (Å²) in [6.45, 7) is 0. The minimum Gasteiger partial charge on any atom is -0.465 e. The molecule has 0 bridgehead atoms. The standard InChI is InChI=1S/C13H13BrN2O3/c1-19-13(18)7-2-10(14)12-11(3-7)15-6-16(12)8-4-9(17)5-8/h2-3,6,8-9,17H,4-5H2,1H3/t8-,9+. The lowest BCUT2D eigenvalue weighted by Gasteiger charge is -2.32. The molecule has 0 aliphatic heterocycles. The van der Waals surface area contributed by atoms with Gasteiger partial charge in [-0.3, -0.25) is 0 Å². The molecule has 100 valence electrons. The van der Waals surface area contributed by atoms with Gasteiger partial charge >= 0.3 is 5.97 Å². The SMILES string of the molecule is COC(=O)c1cc(Br)c2c(c1)ncn2[C@H]1C[C@@H](O)C1. The fraction of sp³-hybridized carbons (Fsp3) is 0.385. The molecule has 3 rings (SSSR count). The average Bonchev–Trinajstić information content (AvgIpc) is 2.78. The minimum atomic E-state index is -0.379. The van der Waals surface area contributed by atoms with Gasteiger partial charge in [0, 0.05) is 10.5 Å². The van der Waals surface area contributed by atoms with Crippen LogP contribution in [0.15, 0.2) is 22.9 Å². The largest absolute Gasteiger partial charge is 0.465 e. The Morgan fingerprint density at radius 3 is 2.89 bits per heavy atom. The molecule has 1 saturated carbocycles. The lowest BCUT2D eigenvalue weighted by atomic mass is 9.89. The van der Waals surface area contributed by atoms with Gasteiger partial charge in [0.15, 0.2) is 0 Å². The van der Waals surface area contributed by atoms with Crippen LogP contribution in [-0.4, -0.2) is 33.8 Å². The van der Waals surface area contributed by atoms with Gasteiger partial charge in [0.05, 0.1) is 36.1 Å². The predicted molar refractivity (Wildman–Crippen MR) is 73.1 cm³/mol. The molecule has 19 heavy (non-hydrogen) atoms. The lowest BCUT2D eigenvalue weighted by Crippen LogP contribution is -2.30. The molecule has 1 aromatic heterocycles. The third-order valence-electron chi connectivity index (χ3n) is 3.53. The van der Waals surface area contributed by atoms with Crippen LogP contribution in [0, 0.1) is 0 Å². The summed E-state index contributed by atoms with van der Waals surface area (Å²) >= 11 is 3.48. The van der Waals surface area contributed by atoms with Crippen molar-refractivity contribution in [3.05, 3.63) is 28.5 Å². The van der Waals surface area contributed by atoms with Crippen molar-refractivity contribution in [2.24, 2.45) is 0 Å². The van der Waals surface area contributed by atoms with E-state index in [0.717, 1.165) is 28.3 Å². The number of aromatic nitrogens is 2. The number of hydrogen-bond acceptors (Lipinski definition) is 4. The van der Waals surface area contributed by atoms with Gasteiger partial charge < -0.3 is 14.4 Å². The van der Waals surface area contributed by atoms with Crippen molar-refractivity contribution in [3.8, 4) is 0 Å². The first kappa shape index (κ1) is 12.6. The van der Waals surface area contributed by atoms with Crippen molar-refractivity contribution >= 4 is 32.9 Å². The molecular weight excluding hydrogens is 312 g/mol. The highest BCUT2D eigenvalue weighted by atomic mass is 79.9. The van der Waals surface area contributed by atoms with Crippen LogP contribution < -0.4 is 0 Å². The first-order chi connectivity index (χ1) is 9.10. The number of halogens is 1. The van der Waals surface area contributed by atoms with Crippen LogP contribution in [0.4, 0.5) is 0 Å². The summed E-state index contributed by atoms with van der Waals surface area (Å²) in [5.41, 5.74) is 2.17. The maximum atomic E-state index is 11.5. The molecule has 2 aromatic rings. The summed E-state index contributed by atoms with van der Waals surface area (Å²) in [7, 11) is 1.36. The van der Waals surface area contributed by atoms with Gasteiger partial charge in [-0.15, -0.1) is 0 Å². The van der Waals surface area contributed by atoms with Gasteiger partial charge in [-0.05, 0) is 40.9 Å². The summed E-state index contributed by atoms with van der Waals surface area (Å²) in [6, 6.07) is 3.74. The Kier molecular flexibility index (Phi) is 3.06. The summed E-state index contributed by atoms with van der Waals surface area (Å²) < 4.78 is 7.57. The number of fused-ring (bicyclic) bond motifs is 1. The fourth-order valence-electron chi connectivity index (χ4n) is 2.42. The van der Waals surface area contributed by atoms with E-state index in [2.05, 4.69) is 20.9 Å². The van der Waals surface area contributed by atoms with Gasteiger partial charge in [0.2, 0.25) is 0 Å². The number of ether oxygens (including phenoxy) is 1. The third kappa shape index (κ3) is 2.04. The van der Waals surface area contributed by atoms with Crippen LogP contribution >= 0.6 is 15.9 Å². The Hall–Kier alpha value is -1.40. The molecule has 0 amide bonds. The predicted octanol–water partition coefficient (Wildman–Crippen LogP) is 2.28. The molecular formula is C13H13BrN2O3. The van der Waals surface area contributed by atoms with Crippen molar-refractivity contribution in [1.29, 1.82) is 0 Å². The fourth-order valence-corrected chi connectivity index (χ4v) is 3.07. The van der Waals surface area contributed by atoms with E-state index in [-0.39, 0.29) is 18.1 Å². The molecule has 0 spiro atoms. The zero-order valence-electron chi connectivity index (χ0n) is 10.3. The quantitative estimate of drug-likeness (QED) is 0.861. The van der Waals surface area contributed by atoms with Gasteiger partial charge in [0.1, 0.15) is 0 Å². The maximum Gasteiger partial charge on any atom is 0.337 e. The Morgan fingerprint density at radius 2 is 2.26 bits per heavy atom. The minimum absolute atomic E-state index is 0.212. The van der Waals surface area contributed by atoms with E-state index in [9.17, 15) is 9.90 Å². The summed E-state index contributed by atoms with van der Waals surface area (Å²) in [6.07, 6.45) is 3.04. The maximum absolute atomic E-state index is 11.5. The molecule has 0 radical (unpaired) electrons. The Labute approximate surface area is 118 Å². The van der Waals surface area contributed by atoms with Gasteiger partial charge in [-0.2, -0.15) is 0 Å². The van der Waals surface area contributed by atoms with E-state index in [0.29, 0.717) is 5.56 Å². The number of aliphatic hydroxyl groups excluding tert-OH is 1. The molecule has 1 heterocycles. The number of benzene rings is 1. The van der Waals surface area contributed by atoms with Crippen LogP contribution in [0.5, 0.6) is 0 Å². The monoisotopic (exact) mass is 324 g/mol. The topological polar surface area (TPSA) is 64.3 Å². The van der Waals surface area contributed by atoms with Crippen LogP contribution in [0.25, 0.3) is 11.0 Å². The van der Waals surface area contributed by atoms with Crippen LogP contribution in [0.3, 0.4) is 0 Å². The highest BCUT2D eigenvalue weighted by Crippen LogP contribution is 2.36. The van der Waals surface area contributed by atoms with Crippen LogP contribution in [0.1, 0.15) is 29.2 Å². The van der Waals surface area contributed by atoms with Gasteiger partial charge in [-0.25, -0.2) is 9.78 Å². The Morgan fingerprint density at radius 1 is 1.53 bits per heavy atom. The van der Waals surface area contributed by atoms with Crippen LogP contribution in [0.2, 0.25) is 0 Å². The van der Waals surface area contributed by atoms with Crippen molar-refractivity contribution in [1.82, 2.24) is 9.55 Å². The number of nitrogens with zero attached hydrogens (tertiary/aromatic N) is 2. The molecule has 6 heteroatoms. The van der Waals surface area contributed by atoms with Crippen molar-refractivity contribution in [2.45, 2.75) is 25.0 Å². The number of esters is 1. The molecule has 1 aliphatic rings. The second kappa shape index (κ2) is 4.61. The third-order valence-corrected chi connectivity index (χ3v) is 4.13. The molecule has 5 nitrogen and oxygen atoms in total. The Bertz CT molecular complexity index is 647. The smallest absolute Gasteiger partial charge is 0.337 e. The van der Waals surface area contributed by atoms with Crippen molar-refractivity contribution < 1.29 is 14.6 Å². The molecule has 1 aromatic carbocycles. The highest BCUT2D eigenvalue weighted by molar-refractivity contribution is 9.10. The highest BCUT2D eigenvalue weighted by Gasteiger charge is 2.30. The number of carbonyl (C=O) groups is 1. The summed E-state index contributed by atoms with van der Waals surface area (Å²) in [5.74, 6) is -0.379. The number of imidazole rings is 1. The van der Waals surface area contributed by atoms with E-state index >= 15 is 0 Å². The second-order valence-electron chi connectivity index (χ2n) is 4.75. The first-order valence-corrected chi connectivity index (χ1v) is 6.82. The zero-order chi connectivity index (χ0) is 13.6. The number of hydrogen-bond donors (Lipinski definition) is 1. The van der Waals surface area contributed by atoms with E-state index in [4.69, 9.17) is 4.74 Å². The van der Waals surface area contributed by atoms with Crippen molar-refractivity contribution in [2.75, 3.05) is 7.11 Å². The van der Waals surface area contributed by atoms with Crippen LogP contribution in [-0.2, 0) is 4.74 Å². The van der Waals surface area contributed by atoms with E-state index in [1.165, 1.54) is 7.11 Å². The first-order valence-electron chi connectivity index (χ1n) is 6.02. The van der Waals surface area contributed by atoms with E-state index in [1.807, 2.05) is 4.57 Å². The summed E-state index contributed by atoms with van der Waals surface area (Å²) in [5, 5.41) is 9.40. The molecule has 1 aliphatic carbocycles. The zero-order valence-corrected chi connectivity index (χ0v) is 11.9. The van der Waals surface area contributed by atoms with Crippen molar-refractivity contribution in [3.63, 3.8) is 0 Å². The lowest BCUT2D eigenvalue weighted by molar-refractivity contribution is 0.0501. The number of aliphatic hydroxyl groups is 1. The molecule has 1 fully saturated rings. The molecule has 0 unspecified atom stereocenters. The second-order valence-corrected chi connectivity index (χ2v) is 5.60. The normalized spacial score (nSPS) is 22.3. The van der Waals surface area contributed by atoms with Gasteiger partial charge in [0.25, 0.3) is 0 Å². The Balaban J connectivity index is 2.06. The summed E-state index contributed by atoms with van der Waals surface area (Å²) in [4.78, 5) is 15.9. The molecule has 1 N–H and O–H groups in total. The number of carbonyl (C=O) groups excluding carboxylic acids is 1. The molecule has 0 atom stereocenters.